The minimum atomic E-state index is 0.484. The maximum atomic E-state index is 11.3. The molecule has 0 saturated carbocycles. The van der Waals surface area contributed by atoms with Gasteiger partial charge < -0.3 is 19.7 Å². The maximum absolute atomic E-state index is 11.3. The predicted octanol–water partition coefficient (Wildman–Crippen LogP) is 3.08. The van der Waals surface area contributed by atoms with Gasteiger partial charge in [-0.05, 0) is 42.6 Å². The summed E-state index contributed by atoms with van der Waals surface area (Å²) in [5.74, 6) is 2.08. The van der Waals surface area contributed by atoms with Gasteiger partial charge in [-0.1, -0.05) is 30.3 Å². The molecule has 0 radical (unpaired) electrons. The summed E-state index contributed by atoms with van der Waals surface area (Å²) in [6.07, 6.45) is 3.27. The molecule has 2 aromatic carbocycles. The first kappa shape index (κ1) is 17.9. The van der Waals surface area contributed by atoms with Crippen molar-refractivity contribution in [3.05, 3.63) is 48.0 Å². The fourth-order valence-electron chi connectivity index (χ4n) is 3.77. The predicted molar refractivity (Wildman–Crippen MR) is 105 cm³/mol. The molecular weight excluding hydrogens is 340 g/mol. The molecule has 1 amide bonds. The molecule has 0 bridgehead atoms. The Morgan fingerprint density at radius 2 is 2.11 bits per heavy atom. The van der Waals surface area contributed by atoms with Crippen LogP contribution in [-0.2, 0) is 11.3 Å². The first-order valence-electron chi connectivity index (χ1n) is 9.71. The van der Waals surface area contributed by atoms with E-state index in [1.54, 1.807) is 4.90 Å². The maximum Gasteiger partial charge on any atom is 0.210 e. The van der Waals surface area contributed by atoms with Gasteiger partial charge in [0.05, 0.1) is 13.2 Å². The van der Waals surface area contributed by atoms with Gasteiger partial charge in [-0.15, -0.1) is 0 Å². The zero-order chi connectivity index (χ0) is 18.5. The van der Waals surface area contributed by atoms with Crippen LogP contribution in [0.2, 0.25) is 0 Å². The zero-order valence-electron chi connectivity index (χ0n) is 15.5. The van der Waals surface area contributed by atoms with Crippen LogP contribution >= 0.6 is 0 Å². The Morgan fingerprint density at radius 3 is 2.89 bits per heavy atom. The molecule has 2 aliphatic rings. The van der Waals surface area contributed by atoms with E-state index in [1.165, 1.54) is 12.8 Å². The molecule has 5 heteroatoms. The lowest BCUT2D eigenvalue weighted by atomic mass is 10.00. The molecule has 1 fully saturated rings. The number of carbonyl (C=O) groups is 1. The van der Waals surface area contributed by atoms with Crippen LogP contribution in [0, 0.1) is 5.92 Å². The van der Waals surface area contributed by atoms with E-state index in [4.69, 9.17) is 9.47 Å². The number of fused-ring (bicyclic) bond motifs is 1. The summed E-state index contributed by atoms with van der Waals surface area (Å²) in [4.78, 5) is 13.1. The monoisotopic (exact) mass is 366 g/mol. The van der Waals surface area contributed by atoms with Crippen LogP contribution in [-0.4, -0.2) is 44.2 Å². The lowest BCUT2D eigenvalue weighted by Crippen LogP contribution is -2.33. The Morgan fingerprint density at radius 1 is 1.22 bits per heavy atom. The molecule has 4 rings (SSSR count). The van der Waals surface area contributed by atoms with E-state index >= 15 is 0 Å². The number of hydrogen-bond acceptors (Lipinski definition) is 4. The molecule has 142 valence electrons. The summed E-state index contributed by atoms with van der Waals surface area (Å²) in [7, 11) is 0. The minimum Gasteiger partial charge on any atom is -0.489 e. The topological polar surface area (TPSA) is 50.8 Å². The second-order valence-corrected chi connectivity index (χ2v) is 7.28. The average Bonchev–Trinajstić information content (AvgIpc) is 2.95. The van der Waals surface area contributed by atoms with E-state index in [-0.39, 0.29) is 0 Å². The Balaban J connectivity index is 1.65. The highest BCUT2D eigenvalue weighted by Gasteiger charge is 2.21. The second-order valence-electron chi connectivity index (χ2n) is 7.28. The summed E-state index contributed by atoms with van der Waals surface area (Å²) < 4.78 is 12.3. The van der Waals surface area contributed by atoms with Crippen LogP contribution in [0.15, 0.2) is 42.5 Å². The highest BCUT2D eigenvalue weighted by atomic mass is 16.5. The molecule has 1 saturated heterocycles. The number of nitrogens with zero attached hydrogens (tertiary/aromatic N) is 1. The summed E-state index contributed by atoms with van der Waals surface area (Å²) in [5, 5.41) is 3.44. The molecule has 1 N–H and O–H groups in total. The van der Waals surface area contributed by atoms with E-state index in [1.807, 2.05) is 18.2 Å². The number of hydrogen-bond donors (Lipinski definition) is 1. The zero-order valence-corrected chi connectivity index (χ0v) is 15.5. The average molecular weight is 366 g/mol. The van der Waals surface area contributed by atoms with Gasteiger partial charge in [0.2, 0.25) is 6.41 Å². The van der Waals surface area contributed by atoms with Crippen molar-refractivity contribution in [1.82, 2.24) is 10.2 Å². The van der Waals surface area contributed by atoms with Crippen molar-refractivity contribution in [2.24, 2.45) is 5.92 Å². The lowest BCUT2D eigenvalue weighted by molar-refractivity contribution is -0.118. The van der Waals surface area contributed by atoms with Crippen LogP contribution in [0.5, 0.6) is 11.5 Å². The summed E-state index contributed by atoms with van der Waals surface area (Å²) >= 11 is 0. The van der Waals surface area contributed by atoms with E-state index in [2.05, 4.69) is 29.6 Å². The third-order valence-electron chi connectivity index (χ3n) is 5.26. The molecule has 0 aromatic heterocycles. The molecule has 2 heterocycles. The molecule has 2 aromatic rings. The highest BCUT2D eigenvalue weighted by Crippen LogP contribution is 2.38. The number of nitrogens with one attached hydrogen (secondary N) is 1. The lowest BCUT2D eigenvalue weighted by Gasteiger charge is -2.24. The largest absolute Gasteiger partial charge is 0.489 e. The first-order chi connectivity index (χ1) is 13.3. The Kier molecular flexibility index (Phi) is 5.58. The molecule has 0 aliphatic carbocycles. The third kappa shape index (κ3) is 4.25. The smallest absolute Gasteiger partial charge is 0.210 e. The Labute approximate surface area is 160 Å². The SMILES string of the molecule is O=CN1CCOc2c(cc(-c3ccccc3)cc2OC[C@H]2CCCNC2)C1. The number of rotatable bonds is 5. The van der Waals surface area contributed by atoms with E-state index in [9.17, 15) is 4.79 Å². The standard InChI is InChI=1S/C22H26N2O3/c25-16-24-9-10-26-22-20(14-24)11-19(18-6-2-1-3-7-18)12-21(22)27-15-17-5-4-8-23-13-17/h1-3,6-7,11-12,16-17,23H,4-5,8-10,13-15H2/t17-/m0/s1. The van der Waals surface area contributed by atoms with Crippen LogP contribution in [0.25, 0.3) is 11.1 Å². The molecule has 0 spiro atoms. The molecule has 27 heavy (non-hydrogen) atoms. The summed E-state index contributed by atoms with van der Waals surface area (Å²) in [6, 6.07) is 14.4. The number of ether oxygens (including phenoxy) is 2. The minimum absolute atomic E-state index is 0.484. The normalized spacial score (nSPS) is 19.6. The fourth-order valence-corrected chi connectivity index (χ4v) is 3.77. The molecule has 0 unspecified atom stereocenters. The van der Waals surface area contributed by atoms with Gasteiger partial charge in [-0.2, -0.15) is 0 Å². The Hall–Kier alpha value is -2.53. The van der Waals surface area contributed by atoms with Crippen molar-refractivity contribution in [3.63, 3.8) is 0 Å². The van der Waals surface area contributed by atoms with E-state index in [0.717, 1.165) is 47.7 Å². The van der Waals surface area contributed by atoms with Gasteiger partial charge in [0, 0.05) is 24.6 Å². The van der Waals surface area contributed by atoms with Gasteiger partial charge in [0.25, 0.3) is 0 Å². The molecule has 1 atom stereocenters. The van der Waals surface area contributed by atoms with E-state index < -0.39 is 0 Å². The van der Waals surface area contributed by atoms with Crippen LogP contribution in [0.1, 0.15) is 18.4 Å². The number of benzene rings is 2. The van der Waals surface area contributed by atoms with Crippen molar-refractivity contribution in [1.29, 1.82) is 0 Å². The summed E-state index contributed by atoms with van der Waals surface area (Å²) in [6.45, 7) is 4.39. The summed E-state index contributed by atoms with van der Waals surface area (Å²) in [5.41, 5.74) is 3.21. The third-order valence-corrected chi connectivity index (χ3v) is 5.26. The van der Waals surface area contributed by atoms with Gasteiger partial charge in [0.15, 0.2) is 11.5 Å². The van der Waals surface area contributed by atoms with Crippen molar-refractivity contribution in [2.75, 3.05) is 32.8 Å². The van der Waals surface area contributed by atoms with E-state index in [0.29, 0.717) is 32.2 Å². The number of piperidine rings is 1. The molecule has 5 nitrogen and oxygen atoms in total. The molecule has 2 aliphatic heterocycles. The number of carbonyl (C=O) groups excluding carboxylic acids is 1. The second kappa shape index (κ2) is 8.44. The van der Waals surface area contributed by atoms with Crippen molar-refractivity contribution in [2.45, 2.75) is 19.4 Å². The quantitative estimate of drug-likeness (QED) is 0.827. The fraction of sp³-hybridized carbons (Fsp3) is 0.409. The first-order valence-corrected chi connectivity index (χ1v) is 9.71. The van der Waals surface area contributed by atoms with Crippen molar-refractivity contribution < 1.29 is 14.3 Å². The number of amides is 1. The molecular formula is C22H26N2O3. The van der Waals surface area contributed by atoms with Crippen molar-refractivity contribution in [3.8, 4) is 22.6 Å². The Bertz CT molecular complexity index is 773. The van der Waals surface area contributed by atoms with Crippen LogP contribution in [0.4, 0.5) is 0 Å². The van der Waals surface area contributed by atoms with Gasteiger partial charge in [-0.25, -0.2) is 0 Å². The van der Waals surface area contributed by atoms with Gasteiger partial charge in [0.1, 0.15) is 6.61 Å². The van der Waals surface area contributed by atoms with Crippen molar-refractivity contribution >= 4 is 6.41 Å². The van der Waals surface area contributed by atoms with Gasteiger partial charge in [-0.3, -0.25) is 4.79 Å². The van der Waals surface area contributed by atoms with Crippen LogP contribution < -0.4 is 14.8 Å². The van der Waals surface area contributed by atoms with Gasteiger partial charge >= 0.3 is 0 Å². The van der Waals surface area contributed by atoms with Crippen LogP contribution in [0.3, 0.4) is 0 Å². The highest BCUT2D eigenvalue weighted by molar-refractivity contribution is 5.69.